The molecule has 0 bridgehead atoms. The van der Waals surface area contributed by atoms with Crippen molar-refractivity contribution in [3.8, 4) is 0 Å². The van der Waals surface area contributed by atoms with Gasteiger partial charge in [0.25, 0.3) is 0 Å². The van der Waals surface area contributed by atoms with Gasteiger partial charge in [0.2, 0.25) is 5.91 Å². The van der Waals surface area contributed by atoms with Crippen molar-refractivity contribution in [3.63, 3.8) is 0 Å². The first-order valence-corrected chi connectivity index (χ1v) is 7.69. The Labute approximate surface area is 137 Å². The lowest BCUT2D eigenvalue weighted by atomic mass is 10.2. The molecule has 1 amide bonds. The molecule has 0 radical (unpaired) electrons. The Kier molecular flexibility index (Phi) is 5.26. The first-order valence-electron chi connectivity index (χ1n) is 6.52. The molecule has 2 rings (SSSR count). The van der Waals surface area contributed by atoms with Gasteiger partial charge in [0.1, 0.15) is 0 Å². The summed E-state index contributed by atoms with van der Waals surface area (Å²) in [5.41, 5.74) is 3.71. The summed E-state index contributed by atoms with van der Waals surface area (Å²) in [6, 6.07) is 11.5. The SMILES string of the molecule is Cc1ccc(NCC(=O)Nc2ccc(C)cc2Br)c(Cl)c1. The molecule has 0 heterocycles. The van der Waals surface area contributed by atoms with Crippen molar-refractivity contribution in [1.82, 2.24) is 0 Å². The molecule has 0 aliphatic rings. The van der Waals surface area contributed by atoms with Gasteiger partial charge in [0.05, 0.1) is 22.9 Å². The largest absolute Gasteiger partial charge is 0.375 e. The quantitative estimate of drug-likeness (QED) is 0.817. The molecule has 2 aromatic carbocycles. The van der Waals surface area contributed by atoms with E-state index in [-0.39, 0.29) is 12.5 Å². The average molecular weight is 368 g/mol. The first kappa shape index (κ1) is 15.9. The second-order valence-electron chi connectivity index (χ2n) is 4.87. The average Bonchev–Trinajstić information content (AvgIpc) is 2.41. The maximum absolute atomic E-state index is 12.0. The molecule has 0 atom stereocenters. The molecule has 2 N–H and O–H groups in total. The van der Waals surface area contributed by atoms with E-state index in [0.717, 1.165) is 27.0 Å². The van der Waals surface area contributed by atoms with Crippen LogP contribution in [0.25, 0.3) is 0 Å². The maximum atomic E-state index is 12.0. The normalized spacial score (nSPS) is 10.3. The number of aryl methyl sites for hydroxylation is 2. The van der Waals surface area contributed by atoms with Crippen molar-refractivity contribution in [2.24, 2.45) is 0 Å². The zero-order valence-electron chi connectivity index (χ0n) is 11.8. The highest BCUT2D eigenvalue weighted by Gasteiger charge is 2.07. The summed E-state index contributed by atoms with van der Waals surface area (Å²) in [5.74, 6) is -0.129. The van der Waals surface area contributed by atoms with Crippen LogP contribution in [0.3, 0.4) is 0 Å². The van der Waals surface area contributed by atoms with E-state index in [1.54, 1.807) is 0 Å². The summed E-state index contributed by atoms with van der Waals surface area (Å²) in [7, 11) is 0. The standard InChI is InChI=1S/C16H16BrClN2O/c1-10-3-5-14(12(17)7-10)20-16(21)9-19-15-6-4-11(2)8-13(15)18/h3-8,19H,9H2,1-2H3,(H,20,21). The van der Waals surface area contributed by atoms with Crippen LogP contribution < -0.4 is 10.6 Å². The summed E-state index contributed by atoms with van der Waals surface area (Å²) in [6.45, 7) is 4.12. The van der Waals surface area contributed by atoms with Gasteiger partial charge in [0.15, 0.2) is 0 Å². The molecule has 0 aliphatic heterocycles. The molecule has 0 saturated carbocycles. The van der Waals surface area contributed by atoms with E-state index in [1.165, 1.54) is 0 Å². The van der Waals surface area contributed by atoms with Gasteiger partial charge in [-0.3, -0.25) is 4.79 Å². The van der Waals surface area contributed by atoms with E-state index in [2.05, 4.69) is 26.6 Å². The number of carbonyl (C=O) groups excluding carboxylic acids is 1. The minimum atomic E-state index is -0.129. The van der Waals surface area contributed by atoms with Gasteiger partial charge in [-0.15, -0.1) is 0 Å². The van der Waals surface area contributed by atoms with Gasteiger partial charge in [-0.25, -0.2) is 0 Å². The molecule has 0 saturated heterocycles. The highest BCUT2D eigenvalue weighted by molar-refractivity contribution is 9.10. The van der Waals surface area contributed by atoms with Gasteiger partial charge < -0.3 is 10.6 Å². The highest BCUT2D eigenvalue weighted by atomic mass is 79.9. The van der Waals surface area contributed by atoms with Crippen LogP contribution in [0.2, 0.25) is 5.02 Å². The second-order valence-corrected chi connectivity index (χ2v) is 6.13. The van der Waals surface area contributed by atoms with Crippen LogP contribution in [0.15, 0.2) is 40.9 Å². The van der Waals surface area contributed by atoms with Crippen molar-refractivity contribution in [2.45, 2.75) is 13.8 Å². The predicted octanol–water partition coefficient (Wildman–Crippen LogP) is 4.77. The Hall–Kier alpha value is -1.52. The Bertz CT molecular complexity index is 673. The van der Waals surface area contributed by atoms with Gasteiger partial charge in [-0.05, 0) is 65.2 Å². The van der Waals surface area contributed by atoms with Crippen LogP contribution in [0.1, 0.15) is 11.1 Å². The molecule has 2 aromatic rings. The van der Waals surface area contributed by atoms with Gasteiger partial charge in [-0.1, -0.05) is 23.7 Å². The van der Waals surface area contributed by atoms with Crippen molar-refractivity contribution in [1.29, 1.82) is 0 Å². The van der Waals surface area contributed by atoms with E-state index >= 15 is 0 Å². The lowest BCUT2D eigenvalue weighted by Crippen LogP contribution is -2.22. The van der Waals surface area contributed by atoms with Gasteiger partial charge >= 0.3 is 0 Å². The van der Waals surface area contributed by atoms with Crippen LogP contribution in [0.5, 0.6) is 0 Å². The number of benzene rings is 2. The molecule has 5 heteroatoms. The Morgan fingerprint density at radius 1 is 1.10 bits per heavy atom. The molecule has 0 aromatic heterocycles. The molecular formula is C16H16BrClN2O. The minimum absolute atomic E-state index is 0.129. The summed E-state index contributed by atoms with van der Waals surface area (Å²) in [4.78, 5) is 12.0. The number of hydrogen-bond acceptors (Lipinski definition) is 2. The lowest BCUT2D eigenvalue weighted by molar-refractivity contribution is -0.114. The minimum Gasteiger partial charge on any atom is -0.375 e. The summed E-state index contributed by atoms with van der Waals surface area (Å²) in [6.07, 6.45) is 0. The van der Waals surface area contributed by atoms with E-state index < -0.39 is 0 Å². The van der Waals surface area contributed by atoms with Gasteiger partial charge in [0, 0.05) is 4.47 Å². The van der Waals surface area contributed by atoms with E-state index in [4.69, 9.17) is 11.6 Å². The van der Waals surface area contributed by atoms with Crippen molar-refractivity contribution in [2.75, 3.05) is 17.2 Å². The number of hydrogen-bond donors (Lipinski definition) is 2. The molecule has 0 unspecified atom stereocenters. The predicted molar refractivity (Wildman–Crippen MR) is 92.2 cm³/mol. The molecule has 0 aliphatic carbocycles. The number of anilines is 2. The zero-order chi connectivity index (χ0) is 15.4. The van der Waals surface area contributed by atoms with Crippen molar-refractivity contribution >= 4 is 44.8 Å². The van der Waals surface area contributed by atoms with Crippen LogP contribution in [-0.2, 0) is 4.79 Å². The highest BCUT2D eigenvalue weighted by Crippen LogP contribution is 2.24. The van der Waals surface area contributed by atoms with Crippen molar-refractivity contribution in [3.05, 3.63) is 57.0 Å². The summed E-state index contributed by atoms with van der Waals surface area (Å²) in [5, 5.41) is 6.49. The third-order valence-corrected chi connectivity index (χ3v) is 3.93. The molecule has 21 heavy (non-hydrogen) atoms. The first-order chi connectivity index (χ1) is 9.95. The second kappa shape index (κ2) is 6.96. The number of amides is 1. The zero-order valence-corrected chi connectivity index (χ0v) is 14.2. The fourth-order valence-corrected chi connectivity index (χ4v) is 2.75. The Balaban J connectivity index is 1.96. The maximum Gasteiger partial charge on any atom is 0.243 e. The van der Waals surface area contributed by atoms with Crippen LogP contribution in [-0.4, -0.2) is 12.5 Å². The van der Waals surface area contributed by atoms with E-state index in [0.29, 0.717) is 5.02 Å². The molecular weight excluding hydrogens is 352 g/mol. The third-order valence-electron chi connectivity index (χ3n) is 2.96. The smallest absolute Gasteiger partial charge is 0.243 e. The van der Waals surface area contributed by atoms with Crippen LogP contribution >= 0.6 is 27.5 Å². The Morgan fingerprint density at radius 3 is 2.33 bits per heavy atom. The number of carbonyl (C=O) groups is 1. The van der Waals surface area contributed by atoms with E-state index in [9.17, 15) is 4.79 Å². The topological polar surface area (TPSA) is 41.1 Å². The fourth-order valence-electron chi connectivity index (χ4n) is 1.85. The lowest BCUT2D eigenvalue weighted by Gasteiger charge is -2.11. The third kappa shape index (κ3) is 4.48. The molecule has 0 spiro atoms. The van der Waals surface area contributed by atoms with Crippen molar-refractivity contribution < 1.29 is 4.79 Å². The molecule has 3 nitrogen and oxygen atoms in total. The van der Waals surface area contributed by atoms with Crippen LogP contribution in [0.4, 0.5) is 11.4 Å². The number of rotatable bonds is 4. The van der Waals surface area contributed by atoms with E-state index in [1.807, 2.05) is 50.2 Å². The number of nitrogens with one attached hydrogen (secondary N) is 2. The summed E-state index contributed by atoms with van der Waals surface area (Å²) < 4.78 is 0.865. The summed E-state index contributed by atoms with van der Waals surface area (Å²) >= 11 is 9.55. The molecule has 110 valence electrons. The Morgan fingerprint density at radius 2 is 1.71 bits per heavy atom. The molecule has 0 fully saturated rings. The van der Waals surface area contributed by atoms with Gasteiger partial charge in [-0.2, -0.15) is 0 Å². The van der Waals surface area contributed by atoms with Crippen LogP contribution in [0, 0.1) is 13.8 Å². The monoisotopic (exact) mass is 366 g/mol. The fraction of sp³-hybridized carbons (Fsp3) is 0.188. The number of halogens is 2.